The van der Waals surface area contributed by atoms with E-state index in [1.54, 1.807) is 30.3 Å². The summed E-state index contributed by atoms with van der Waals surface area (Å²) in [5.74, 6) is -2.48. The zero-order valence-corrected chi connectivity index (χ0v) is 23.3. The lowest BCUT2D eigenvalue weighted by atomic mass is 10.2. The number of carbonyl (C=O) groups is 1. The van der Waals surface area contributed by atoms with Crippen molar-refractivity contribution in [3.63, 3.8) is 0 Å². The van der Waals surface area contributed by atoms with Crippen molar-refractivity contribution in [1.29, 1.82) is 0 Å². The Bertz CT molecular complexity index is 1620. The fourth-order valence-corrected chi connectivity index (χ4v) is 4.78. The number of imidazole rings is 1. The molecule has 0 aliphatic carbocycles. The number of hydrogen-bond acceptors (Lipinski definition) is 8. The van der Waals surface area contributed by atoms with Crippen LogP contribution in [0.15, 0.2) is 48.7 Å². The molecule has 3 N–H and O–H groups in total. The average Bonchev–Trinajstić information content (AvgIpc) is 3.42. The van der Waals surface area contributed by atoms with Crippen LogP contribution in [0.1, 0.15) is 11.3 Å². The molecule has 1 aliphatic rings. The number of nitrogens with one attached hydrogen (secondary N) is 1. The zero-order chi connectivity index (χ0) is 30.9. The fourth-order valence-electron chi connectivity index (χ4n) is 4.78. The molecule has 0 radical (unpaired) electrons. The van der Waals surface area contributed by atoms with Crippen molar-refractivity contribution in [2.24, 2.45) is 0 Å². The highest BCUT2D eigenvalue weighted by Crippen LogP contribution is 2.34. The number of carbonyl (C=O) groups excluding carboxylic acids is 1. The Morgan fingerprint density at radius 2 is 1.79 bits per heavy atom. The van der Waals surface area contributed by atoms with Crippen LogP contribution in [0, 0.1) is 11.6 Å². The third-order valence-electron chi connectivity index (χ3n) is 7.15. The molecular weight excluding hydrogens is 575 g/mol. The van der Waals surface area contributed by atoms with Crippen LogP contribution in [0.2, 0.25) is 0 Å². The van der Waals surface area contributed by atoms with Gasteiger partial charge in [-0.2, -0.15) is 13.2 Å². The van der Waals surface area contributed by atoms with Crippen molar-refractivity contribution in [3.05, 3.63) is 71.6 Å². The normalized spacial score (nSPS) is 14.3. The number of fused-ring (bicyclic) bond motifs is 1. The van der Waals surface area contributed by atoms with Gasteiger partial charge >= 0.3 is 6.18 Å². The van der Waals surface area contributed by atoms with Gasteiger partial charge in [0.05, 0.1) is 31.2 Å². The minimum absolute atomic E-state index is 0.0363. The fraction of sp³-hybridized carbons (Fsp3) is 0.321. The largest absolute Gasteiger partial charge is 0.497 e. The van der Waals surface area contributed by atoms with E-state index in [1.165, 1.54) is 12.0 Å². The Morgan fingerprint density at radius 3 is 2.44 bits per heavy atom. The summed E-state index contributed by atoms with van der Waals surface area (Å²) < 4.78 is 76.3. The van der Waals surface area contributed by atoms with Crippen LogP contribution in [-0.4, -0.2) is 72.3 Å². The Morgan fingerprint density at radius 1 is 1.09 bits per heavy atom. The van der Waals surface area contributed by atoms with Gasteiger partial charge in [0, 0.05) is 38.8 Å². The van der Waals surface area contributed by atoms with Gasteiger partial charge in [-0.25, -0.2) is 18.3 Å². The van der Waals surface area contributed by atoms with E-state index in [0.29, 0.717) is 43.7 Å². The highest BCUT2D eigenvalue weighted by Gasteiger charge is 2.36. The average molecular weight is 605 g/mol. The van der Waals surface area contributed by atoms with Crippen molar-refractivity contribution in [1.82, 2.24) is 19.5 Å². The number of benzene rings is 2. The lowest BCUT2D eigenvalue weighted by molar-refractivity contribution is -0.142. The van der Waals surface area contributed by atoms with Crippen LogP contribution in [0.5, 0.6) is 5.75 Å². The molecule has 15 heteroatoms. The van der Waals surface area contributed by atoms with Crippen molar-refractivity contribution in [2.45, 2.75) is 12.7 Å². The quantitative estimate of drug-likeness (QED) is 0.230. The zero-order valence-electron chi connectivity index (χ0n) is 23.3. The lowest BCUT2D eigenvalue weighted by Gasteiger charge is -2.34. The van der Waals surface area contributed by atoms with Crippen LogP contribution in [-0.2, 0) is 17.5 Å². The number of ether oxygens (including phenoxy) is 1. The number of piperazine rings is 1. The summed E-state index contributed by atoms with van der Waals surface area (Å²) in [4.78, 5) is 22.7. The molecule has 1 aliphatic heterocycles. The van der Waals surface area contributed by atoms with Gasteiger partial charge in [0.1, 0.15) is 11.4 Å². The molecule has 43 heavy (non-hydrogen) atoms. The molecule has 5 rings (SSSR count). The van der Waals surface area contributed by atoms with Gasteiger partial charge in [-0.1, -0.05) is 12.1 Å². The van der Waals surface area contributed by atoms with Crippen LogP contribution in [0.3, 0.4) is 0 Å². The number of halogens is 5. The van der Waals surface area contributed by atoms with Crippen molar-refractivity contribution >= 4 is 34.4 Å². The Kier molecular flexibility index (Phi) is 8.26. The predicted molar refractivity (Wildman–Crippen MR) is 151 cm³/mol. The van der Waals surface area contributed by atoms with E-state index in [1.807, 2.05) is 11.9 Å². The monoisotopic (exact) mass is 604 g/mol. The summed E-state index contributed by atoms with van der Waals surface area (Å²) in [6.45, 7) is 1.93. The van der Waals surface area contributed by atoms with Crippen LogP contribution in [0.25, 0.3) is 5.65 Å². The van der Waals surface area contributed by atoms with Gasteiger partial charge < -0.3 is 30.5 Å². The number of nitrogen functional groups attached to an aromatic ring is 1. The number of methoxy groups -OCH3 is 1. The van der Waals surface area contributed by atoms with Crippen LogP contribution in [0.4, 0.5) is 44.8 Å². The van der Waals surface area contributed by atoms with E-state index in [0.717, 1.165) is 16.6 Å². The molecule has 0 saturated carbocycles. The van der Waals surface area contributed by atoms with Crippen LogP contribution >= 0.6 is 0 Å². The molecule has 0 atom stereocenters. The highest BCUT2D eigenvalue weighted by atomic mass is 19.4. The number of alkyl halides is 3. The molecule has 4 aromatic rings. The molecular formula is C28H29F5N8O2. The third-order valence-corrected chi connectivity index (χ3v) is 7.15. The third kappa shape index (κ3) is 6.40. The molecule has 0 bridgehead atoms. The van der Waals surface area contributed by atoms with Gasteiger partial charge in [0.25, 0.3) is 0 Å². The van der Waals surface area contributed by atoms with Crippen molar-refractivity contribution in [3.8, 4) is 5.75 Å². The van der Waals surface area contributed by atoms with E-state index in [4.69, 9.17) is 10.5 Å². The first-order valence-electron chi connectivity index (χ1n) is 13.2. The van der Waals surface area contributed by atoms with Gasteiger partial charge in [-0.05, 0) is 36.9 Å². The maximum atomic E-state index is 14.5. The summed E-state index contributed by atoms with van der Waals surface area (Å²) >= 11 is 0. The number of nitrogens with two attached hydrogens (primary N) is 1. The number of rotatable bonds is 8. The highest BCUT2D eigenvalue weighted by molar-refractivity contribution is 5.97. The second kappa shape index (κ2) is 11.9. The molecule has 1 saturated heterocycles. The first kappa shape index (κ1) is 29.8. The minimum atomic E-state index is -4.75. The predicted octanol–water partition coefficient (Wildman–Crippen LogP) is 4.01. The second-order valence-electron chi connectivity index (χ2n) is 10.1. The Labute approximate surface area is 243 Å². The smallest absolute Gasteiger partial charge is 0.435 e. The number of hydrogen-bond donors (Lipinski definition) is 2. The van der Waals surface area contributed by atoms with Gasteiger partial charge in [0.15, 0.2) is 28.8 Å². The Hall–Kier alpha value is -4.66. The van der Waals surface area contributed by atoms with E-state index in [9.17, 15) is 26.7 Å². The second-order valence-corrected chi connectivity index (χ2v) is 10.1. The molecule has 1 amide bonds. The summed E-state index contributed by atoms with van der Waals surface area (Å²) in [7, 11) is 3.45. The van der Waals surface area contributed by atoms with Crippen LogP contribution < -0.4 is 25.6 Å². The SMILES string of the molecule is COc1ccc(CN(CC(=O)Nc2c(N)ccc(F)c2F)c2cc(N3CCN(C)CC3)nn3c(C(F)(F)F)cnc23)cc1. The Balaban J connectivity index is 1.59. The maximum absolute atomic E-state index is 14.5. The van der Waals surface area contributed by atoms with Gasteiger partial charge in [-0.3, -0.25) is 4.79 Å². The molecule has 1 fully saturated rings. The van der Waals surface area contributed by atoms with Crippen molar-refractivity contribution < 1.29 is 31.5 Å². The number of likely N-dealkylation sites (N-methyl/N-ethyl adjacent to an activating group) is 1. The molecule has 2 aromatic carbocycles. The number of anilines is 4. The topological polar surface area (TPSA) is 104 Å². The van der Waals surface area contributed by atoms with E-state index >= 15 is 0 Å². The molecule has 0 spiro atoms. The molecule has 228 valence electrons. The maximum Gasteiger partial charge on any atom is 0.435 e. The van der Waals surface area contributed by atoms with Gasteiger partial charge in [-0.15, -0.1) is 5.10 Å². The summed E-state index contributed by atoms with van der Waals surface area (Å²) in [5, 5.41) is 6.60. The molecule has 0 unspecified atom stereocenters. The number of nitrogens with zero attached hydrogens (tertiary/aromatic N) is 6. The molecule has 2 aromatic heterocycles. The first-order chi connectivity index (χ1) is 20.4. The summed E-state index contributed by atoms with van der Waals surface area (Å²) in [6, 6.07) is 10.4. The minimum Gasteiger partial charge on any atom is -0.497 e. The lowest BCUT2D eigenvalue weighted by Crippen LogP contribution is -2.45. The van der Waals surface area contributed by atoms with E-state index in [-0.39, 0.29) is 29.4 Å². The standard InChI is InChI=1S/C28H29F5N8O2/c1-38-9-11-39(12-10-38)23-13-21(27-35-14-22(28(31,32)33)41(27)37-23)40(15-17-3-5-18(43-2)6-4-17)16-24(42)36-26-20(34)8-7-19(29)25(26)30/h3-8,13-14H,9-12,15-16,34H2,1-2H3,(H,36,42). The van der Waals surface area contributed by atoms with E-state index < -0.39 is 41.6 Å². The van der Waals surface area contributed by atoms with Crippen molar-refractivity contribution in [2.75, 3.05) is 67.7 Å². The molecule has 10 nitrogen and oxygen atoms in total. The number of aromatic nitrogens is 3. The number of amides is 1. The van der Waals surface area contributed by atoms with Gasteiger partial charge in [0.2, 0.25) is 5.91 Å². The first-order valence-corrected chi connectivity index (χ1v) is 13.2. The summed E-state index contributed by atoms with van der Waals surface area (Å²) in [6.07, 6.45) is -4.07. The summed E-state index contributed by atoms with van der Waals surface area (Å²) in [5.41, 5.74) is 4.70. The molecule has 3 heterocycles. The van der Waals surface area contributed by atoms with E-state index in [2.05, 4.69) is 20.3 Å².